The van der Waals surface area contributed by atoms with Gasteiger partial charge in [-0.2, -0.15) is 11.8 Å². The smallest absolute Gasteiger partial charge is 0.255 e. The fourth-order valence-electron chi connectivity index (χ4n) is 1.85. The highest BCUT2D eigenvalue weighted by molar-refractivity contribution is 9.10. The Kier molecular flexibility index (Phi) is 6.22. The van der Waals surface area contributed by atoms with Crippen LogP contribution in [-0.2, 0) is 0 Å². The highest BCUT2D eigenvalue weighted by Gasteiger charge is 2.21. The van der Waals surface area contributed by atoms with Gasteiger partial charge in [-0.05, 0) is 47.7 Å². The summed E-state index contributed by atoms with van der Waals surface area (Å²) in [5, 5.41) is 0. The maximum absolute atomic E-state index is 12.5. The number of rotatable bonds is 5. The molecule has 0 heterocycles. The first kappa shape index (κ1) is 15.6. The van der Waals surface area contributed by atoms with Crippen LogP contribution in [0.25, 0.3) is 0 Å². The molecule has 0 aliphatic rings. The fraction of sp³-hybridized carbons (Fsp3) is 0.500. The van der Waals surface area contributed by atoms with Crippen LogP contribution >= 0.6 is 27.7 Å². The number of amides is 1. The van der Waals surface area contributed by atoms with Crippen molar-refractivity contribution in [1.29, 1.82) is 0 Å². The summed E-state index contributed by atoms with van der Waals surface area (Å²) in [7, 11) is 1.89. The van der Waals surface area contributed by atoms with Crippen molar-refractivity contribution in [1.82, 2.24) is 4.90 Å². The minimum atomic E-state index is 0.0893. The molecule has 0 radical (unpaired) electrons. The highest BCUT2D eigenvalue weighted by Crippen LogP contribution is 2.21. The Hall–Kier alpha value is -0.480. The Morgan fingerprint density at radius 3 is 2.72 bits per heavy atom. The average Bonchev–Trinajstić information content (AvgIpc) is 2.37. The number of carbonyl (C=O) groups is 1. The summed E-state index contributed by atoms with van der Waals surface area (Å²) in [6.07, 6.45) is 3.05. The van der Waals surface area contributed by atoms with Crippen LogP contribution in [-0.4, -0.2) is 35.9 Å². The van der Waals surface area contributed by atoms with Crippen molar-refractivity contribution in [3.05, 3.63) is 33.8 Å². The van der Waals surface area contributed by atoms with Gasteiger partial charge >= 0.3 is 0 Å². The number of nitrogens with zero attached hydrogens (tertiary/aromatic N) is 1. The van der Waals surface area contributed by atoms with E-state index in [1.807, 2.05) is 37.1 Å². The number of thioether (sulfide) groups is 1. The van der Waals surface area contributed by atoms with Crippen LogP contribution in [0.2, 0.25) is 0 Å². The lowest BCUT2D eigenvalue weighted by Gasteiger charge is -2.27. The Balaban J connectivity index is 2.95. The normalized spacial score (nSPS) is 12.3. The molecule has 4 heteroatoms. The van der Waals surface area contributed by atoms with Crippen LogP contribution in [0.3, 0.4) is 0 Å². The van der Waals surface area contributed by atoms with Crippen molar-refractivity contribution < 1.29 is 4.79 Å². The minimum absolute atomic E-state index is 0.0893. The van der Waals surface area contributed by atoms with Crippen LogP contribution in [0.15, 0.2) is 22.7 Å². The first-order valence-corrected chi connectivity index (χ1v) is 8.22. The number of aryl methyl sites for hydroxylation is 1. The zero-order valence-electron chi connectivity index (χ0n) is 11.4. The summed E-state index contributed by atoms with van der Waals surface area (Å²) < 4.78 is 0.865. The van der Waals surface area contributed by atoms with Crippen LogP contribution in [0.4, 0.5) is 0 Å². The van der Waals surface area contributed by atoms with Crippen molar-refractivity contribution in [3.63, 3.8) is 0 Å². The molecule has 0 N–H and O–H groups in total. The van der Waals surface area contributed by atoms with Crippen LogP contribution in [0.5, 0.6) is 0 Å². The third-order valence-electron chi connectivity index (χ3n) is 3.05. The average molecular weight is 330 g/mol. The maximum atomic E-state index is 12.5. The van der Waals surface area contributed by atoms with E-state index in [0.717, 1.165) is 27.8 Å². The zero-order chi connectivity index (χ0) is 13.7. The lowest BCUT2D eigenvalue weighted by Crippen LogP contribution is -2.38. The largest absolute Gasteiger partial charge is 0.338 e. The molecule has 0 spiro atoms. The van der Waals surface area contributed by atoms with E-state index in [2.05, 4.69) is 29.1 Å². The molecule has 1 unspecified atom stereocenters. The topological polar surface area (TPSA) is 20.3 Å². The van der Waals surface area contributed by atoms with Gasteiger partial charge in [0.2, 0.25) is 0 Å². The molecule has 0 fully saturated rings. The molecule has 0 saturated carbocycles. The van der Waals surface area contributed by atoms with Crippen LogP contribution in [0, 0.1) is 6.92 Å². The molecule has 1 aromatic rings. The van der Waals surface area contributed by atoms with Crippen molar-refractivity contribution in [2.75, 3.05) is 19.1 Å². The summed E-state index contributed by atoms with van der Waals surface area (Å²) in [5.41, 5.74) is 1.85. The van der Waals surface area contributed by atoms with Gasteiger partial charge in [0.05, 0.1) is 5.56 Å². The highest BCUT2D eigenvalue weighted by atomic mass is 79.9. The molecule has 0 aliphatic carbocycles. The monoisotopic (exact) mass is 329 g/mol. The quantitative estimate of drug-likeness (QED) is 0.814. The summed E-state index contributed by atoms with van der Waals surface area (Å²) in [6.45, 7) is 4.12. The Morgan fingerprint density at radius 1 is 1.50 bits per heavy atom. The first-order valence-electron chi connectivity index (χ1n) is 6.03. The SMILES string of the molecule is CCC(CSC)N(C)C(=O)c1cc(C)ccc1Br. The first-order chi connectivity index (χ1) is 8.51. The second kappa shape index (κ2) is 7.19. The lowest BCUT2D eigenvalue weighted by molar-refractivity contribution is 0.0742. The van der Waals surface area contributed by atoms with E-state index in [0.29, 0.717) is 6.04 Å². The number of hydrogen-bond donors (Lipinski definition) is 0. The van der Waals surface area contributed by atoms with Crippen molar-refractivity contribution in [2.24, 2.45) is 0 Å². The van der Waals surface area contributed by atoms with Gasteiger partial charge in [-0.15, -0.1) is 0 Å². The predicted octanol–water partition coefficient (Wildman–Crippen LogP) is 3.97. The minimum Gasteiger partial charge on any atom is -0.338 e. The van der Waals surface area contributed by atoms with E-state index in [9.17, 15) is 4.79 Å². The van der Waals surface area contributed by atoms with Gasteiger partial charge in [-0.3, -0.25) is 4.79 Å². The number of hydrogen-bond acceptors (Lipinski definition) is 2. The van der Waals surface area contributed by atoms with Crippen molar-refractivity contribution in [3.8, 4) is 0 Å². The maximum Gasteiger partial charge on any atom is 0.255 e. The van der Waals surface area contributed by atoms with E-state index in [1.54, 1.807) is 11.8 Å². The summed E-state index contributed by atoms with van der Waals surface area (Å²) >= 11 is 5.23. The molecule has 0 bridgehead atoms. The van der Waals surface area contributed by atoms with Crippen LogP contribution in [0.1, 0.15) is 29.3 Å². The standard InChI is InChI=1S/C14H20BrNOS/c1-5-11(9-18-4)16(3)14(17)12-8-10(2)6-7-13(12)15/h6-8,11H,5,9H2,1-4H3. The zero-order valence-corrected chi connectivity index (χ0v) is 13.8. The molecule has 0 saturated heterocycles. The second-order valence-corrected chi connectivity index (χ2v) is 6.18. The molecule has 1 rings (SSSR count). The summed E-state index contributed by atoms with van der Waals surface area (Å²) in [6, 6.07) is 6.17. The second-order valence-electron chi connectivity index (χ2n) is 4.42. The number of benzene rings is 1. The Bertz CT molecular complexity index is 422. The molecule has 1 amide bonds. The molecule has 0 aromatic heterocycles. The fourth-order valence-corrected chi connectivity index (χ4v) is 3.12. The molecular formula is C14H20BrNOS. The molecule has 0 aliphatic heterocycles. The summed E-state index contributed by atoms with van der Waals surface area (Å²) in [4.78, 5) is 14.3. The van der Waals surface area contributed by atoms with E-state index in [4.69, 9.17) is 0 Å². The molecule has 18 heavy (non-hydrogen) atoms. The van der Waals surface area contributed by atoms with Gasteiger partial charge in [0, 0.05) is 23.3 Å². The Morgan fingerprint density at radius 2 is 2.17 bits per heavy atom. The van der Waals surface area contributed by atoms with Crippen LogP contribution < -0.4 is 0 Å². The van der Waals surface area contributed by atoms with Gasteiger partial charge in [0.25, 0.3) is 5.91 Å². The number of carbonyl (C=O) groups excluding carboxylic acids is 1. The van der Waals surface area contributed by atoms with E-state index >= 15 is 0 Å². The van der Waals surface area contributed by atoms with Gasteiger partial charge in [-0.1, -0.05) is 18.6 Å². The van der Waals surface area contributed by atoms with Crippen molar-refractivity contribution in [2.45, 2.75) is 26.3 Å². The third-order valence-corrected chi connectivity index (χ3v) is 4.46. The predicted molar refractivity (Wildman–Crippen MR) is 83.4 cm³/mol. The third kappa shape index (κ3) is 3.75. The molecule has 2 nitrogen and oxygen atoms in total. The van der Waals surface area contributed by atoms with Gasteiger partial charge in [0.15, 0.2) is 0 Å². The van der Waals surface area contributed by atoms with E-state index < -0.39 is 0 Å². The lowest BCUT2D eigenvalue weighted by atomic mass is 10.1. The van der Waals surface area contributed by atoms with E-state index in [-0.39, 0.29) is 5.91 Å². The molecule has 1 atom stereocenters. The molecular weight excluding hydrogens is 310 g/mol. The Labute approximate surface area is 122 Å². The summed E-state index contributed by atoms with van der Waals surface area (Å²) in [5.74, 6) is 1.06. The van der Waals surface area contributed by atoms with Gasteiger partial charge < -0.3 is 4.90 Å². The van der Waals surface area contributed by atoms with Gasteiger partial charge in [-0.25, -0.2) is 0 Å². The van der Waals surface area contributed by atoms with E-state index in [1.165, 1.54) is 0 Å². The number of halogens is 1. The molecule has 100 valence electrons. The van der Waals surface area contributed by atoms with Crippen molar-refractivity contribution >= 4 is 33.6 Å². The van der Waals surface area contributed by atoms with Gasteiger partial charge in [0.1, 0.15) is 0 Å². The molecule has 1 aromatic carbocycles.